The second-order valence-electron chi connectivity index (χ2n) is 8.10. The van der Waals surface area contributed by atoms with E-state index in [-0.39, 0.29) is 28.4 Å². The van der Waals surface area contributed by atoms with Crippen LogP contribution in [0.2, 0.25) is 0 Å². The van der Waals surface area contributed by atoms with Crippen molar-refractivity contribution in [2.24, 2.45) is 11.7 Å². The maximum absolute atomic E-state index is 12.2. The summed E-state index contributed by atoms with van der Waals surface area (Å²) in [5.74, 6) is -1.83. The number of carbonyl (C=O) groups is 2. The van der Waals surface area contributed by atoms with Crippen molar-refractivity contribution in [2.75, 3.05) is 6.54 Å². The largest absolute Gasteiger partial charge is 0.477 e. The van der Waals surface area contributed by atoms with Crippen LogP contribution >= 0.6 is 11.8 Å². The summed E-state index contributed by atoms with van der Waals surface area (Å²) in [4.78, 5) is 26.0. The second-order valence-corrected chi connectivity index (χ2v) is 9.49. The number of thioether (sulfide) groups is 1. The summed E-state index contributed by atoms with van der Waals surface area (Å²) in [7, 11) is 0. The van der Waals surface area contributed by atoms with Crippen LogP contribution in [-0.2, 0) is 9.59 Å². The molecule has 3 heterocycles. The zero-order chi connectivity index (χ0) is 18.5. The number of amides is 1. The average Bonchev–Trinajstić information content (AvgIpc) is 2.99. The van der Waals surface area contributed by atoms with Gasteiger partial charge in [-0.1, -0.05) is 0 Å². The molecule has 0 bridgehead atoms. The number of hydrogen-bond donors (Lipinski definition) is 4. The van der Waals surface area contributed by atoms with Crippen LogP contribution < -0.4 is 11.1 Å². The number of nitrogens with two attached hydrogens (primary N) is 1. The number of rotatable bonds is 6. The van der Waals surface area contributed by atoms with Crippen LogP contribution in [0.4, 0.5) is 0 Å². The van der Waals surface area contributed by atoms with Gasteiger partial charge in [-0.15, -0.1) is 11.8 Å². The topological polar surface area (TPSA) is 116 Å². The molecule has 3 rings (SSSR count). The Morgan fingerprint density at radius 1 is 1.52 bits per heavy atom. The van der Waals surface area contributed by atoms with Gasteiger partial charge in [-0.2, -0.15) is 0 Å². The molecule has 0 aliphatic carbocycles. The van der Waals surface area contributed by atoms with Crippen LogP contribution in [0.1, 0.15) is 40.0 Å². The number of hydrogen-bond acceptors (Lipinski definition) is 6. The van der Waals surface area contributed by atoms with Crippen LogP contribution in [0, 0.1) is 5.92 Å². The Hall–Kier alpha value is -1.09. The standard InChI is InChI=1S/C17H27N3O4S/c1-8(21)13-11-5-12(14(16(23)24)20(11)15(13)22)25-10-4-9(19-7-10)6-17(2,3)18/h8-11,13,19,21H,4-7,18H2,1-3H3,(H,23,24)/t8-,9+,10+,11-,13-/m1/s1. The summed E-state index contributed by atoms with van der Waals surface area (Å²) in [5.41, 5.74) is 5.96. The Labute approximate surface area is 152 Å². The third kappa shape index (κ3) is 3.58. The molecule has 1 amide bonds. The van der Waals surface area contributed by atoms with E-state index in [9.17, 15) is 19.8 Å². The first-order valence-electron chi connectivity index (χ1n) is 8.75. The van der Waals surface area contributed by atoms with E-state index >= 15 is 0 Å². The normalized spacial score (nSPS) is 33.5. The van der Waals surface area contributed by atoms with Gasteiger partial charge in [0.1, 0.15) is 5.70 Å². The maximum Gasteiger partial charge on any atom is 0.353 e. The summed E-state index contributed by atoms with van der Waals surface area (Å²) < 4.78 is 0. The van der Waals surface area contributed by atoms with E-state index in [1.165, 1.54) is 4.90 Å². The molecule has 7 nitrogen and oxygen atoms in total. The highest BCUT2D eigenvalue weighted by molar-refractivity contribution is 8.03. The van der Waals surface area contributed by atoms with Crippen LogP contribution in [0.5, 0.6) is 0 Å². The minimum absolute atomic E-state index is 0.111. The molecule has 0 aromatic rings. The van der Waals surface area contributed by atoms with Crippen molar-refractivity contribution in [3.8, 4) is 0 Å². The van der Waals surface area contributed by atoms with Crippen molar-refractivity contribution < 1.29 is 19.8 Å². The first-order chi connectivity index (χ1) is 11.6. The van der Waals surface area contributed by atoms with Gasteiger partial charge in [-0.3, -0.25) is 4.79 Å². The number of aliphatic hydroxyl groups is 1. The molecule has 0 unspecified atom stereocenters. The molecule has 3 aliphatic heterocycles. The highest BCUT2D eigenvalue weighted by Gasteiger charge is 2.57. The zero-order valence-electron chi connectivity index (χ0n) is 14.9. The van der Waals surface area contributed by atoms with Crippen LogP contribution in [0.3, 0.4) is 0 Å². The van der Waals surface area contributed by atoms with E-state index in [2.05, 4.69) is 5.32 Å². The number of carboxylic acids is 1. The zero-order valence-corrected chi connectivity index (χ0v) is 15.7. The molecule has 2 saturated heterocycles. The number of nitrogens with zero attached hydrogens (tertiary/aromatic N) is 1. The van der Waals surface area contributed by atoms with E-state index in [1.54, 1.807) is 18.7 Å². The summed E-state index contributed by atoms with van der Waals surface area (Å²) >= 11 is 1.56. The van der Waals surface area contributed by atoms with E-state index in [4.69, 9.17) is 5.73 Å². The molecule has 5 atom stereocenters. The lowest BCUT2D eigenvalue weighted by Gasteiger charge is -2.44. The van der Waals surface area contributed by atoms with Gasteiger partial charge in [-0.05, 0) is 33.6 Å². The third-order valence-corrected chi connectivity index (χ3v) is 6.49. The molecule has 3 aliphatic rings. The van der Waals surface area contributed by atoms with E-state index in [0.29, 0.717) is 12.5 Å². The Bertz CT molecular complexity index is 614. The highest BCUT2D eigenvalue weighted by atomic mass is 32.2. The lowest BCUT2D eigenvalue weighted by molar-refractivity contribution is -0.161. The number of nitrogens with one attached hydrogen (secondary N) is 1. The quantitative estimate of drug-likeness (QED) is 0.503. The number of aliphatic carboxylic acids is 1. The molecular formula is C17H27N3O4S. The van der Waals surface area contributed by atoms with Gasteiger partial charge >= 0.3 is 5.97 Å². The predicted molar refractivity (Wildman–Crippen MR) is 95.8 cm³/mol. The SMILES string of the molecule is C[C@@H](O)[C@H]1C(=O)N2C(C(=O)O)=C(S[C@@H]3CN[C@H](CC(C)(C)N)C3)C[C@H]12. The molecule has 0 saturated carbocycles. The van der Waals surface area contributed by atoms with Crippen molar-refractivity contribution in [3.05, 3.63) is 10.6 Å². The summed E-state index contributed by atoms with van der Waals surface area (Å²) in [5, 5.41) is 23.1. The molecule has 140 valence electrons. The Kier molecular flexibility index (Phi) is 4.91. The van der Waals surface area contributed by atoms with Gasteiger partial charge in [0.25, 0.3) is 0 Å². The lowest BCUT2D eigenvalue weighted by Crippen LogP contribution is -2.61. The van der Waals surface area contributed by atoms with Gasteiger partial charge in [0.15, 0.2) is 0 Å². The molecule has 0 aromatic carbocycles. The molecule has 8 heteroatoms. The lowest BCUT2D eigenvalue weighted by atomic mass is 9.83. The van der Waals surface area contributed by atoms with Gasteiger partial charge < -0.3 is 26.2 Å². The number of β-lactam (4-membered cyclic amide) rings is 1. The van der Waals surface area contributed by atoms with Crippen molar-refractivity contribution in [1.29, 1.82) is 0 Å². The predicted octanol–water partition coefficient (Wildman–Crippen LogP) is 0.485. The van der Waals surface area contributed by atoms with Crippen LogP contribution in [0.25, 0.3) is 0 Å². The van der Waals surface area contributed by atoms with E-state index in [1.807, 2.05) is 13.8 Å². The van der Waals surface area contributed by atoms with Crippen molar-refractivity contribution >= 4 is 23.6 Å². The van der Waals surface area contributed by atoms with Gasteiger partial charge in [0.2, 0.25) is 5.91 Å². The van der Waals surface area contributed by atoms with Crippen molar-refractivity contribution in [1.82, 2.24) is 10.2 Å². The maximum atomic E-state index is 12.2. The molecule has 0 aromatic heterocycles. The van der Waals surface area contributed by atoms with Crippen molar-refractivity contribution in [3.63, 3.8) is 0 Å². The molecule has 5 N–H and O–H groups in total. The summed E-state index contributed by atoms with van der Waals surface area (Å²) in [6.07, 6.45) is 1.57. The molecule has 0 spiro atoms. The summed E-state index contributed by atoms with van der Waals surface area (Å²) in [6.45, 7) is 6.40. The number of fused-ring (bicyclic) bond motifs is 1. The fourth-order valence-electron chi connectivity index (χ4n) is 4.20. The van der Waals surface area contributed by atoms with Gasteiger partial charge in [-0.25, -0.2) is 4.79 Å². The Morgan fingerprint density at radius 2 is 2.20 bits per heavy atom. The average molecular weight is 369 g/mol. The smallest absolute Gasteiger partial charge is 0.353 e. The van der Waals surface area contributed by atoms with E-state index in [0.717, 1.165) is 24.3 Å². The Morgan fingerprint density at radius 3 is 2.76 bits per heavy atom. The minimum Gasteiger partial charge on any atom is -0.477 e. The van der Waals surface area contributed by atoms with E-state index < -0.39 is 18.0 Å². The number of aliphatic hydroxyl groups excluding tert-OH is 1. The van der Waals surface area contributed by atoms with Gasteiger partial charge in [0.05, 0.1) is 18.1 Å². The fourth-order valence-corrected chi connectivity index (χ4v) is 5.67. The number of carbonyl (C=O) groups excluding carboxylic acids is 1. The molecule has 0 radical (unpaired) electrons. The molecule has 2 fully saturated rings. The fraction of sp³-hybridized carbons (Fsp3) is 0.765. The summed E-state index contributed by atoms with van der Waals surface area (Å²) in [6, 6.07) is 0.117. The van der Waals surface area contributed by atoms with Crippen LogP contribution in [-0.4, -0.2) is 62.5 Å². The second kappa shape index (κ2) is 6.57. The van der Waals surface area contributed by atoms with Gasteiger partial charge in [0, 0.05) is 34.7 Å². The van der Waals surface area contributed by atoms with Crippen molar-refractivity contribution in [2.45, 2.75) is 69.0 Å². The molecular weight excluding hydrogens is 342 g/mol. The first kappa shape index (κ1) is 18.7. The highest BCUT2D eigenvalue weighted by Crippen LogP contribution is 2.48. The minimum atomic E-state index is -1.06. The van der Waals surface area contributed by atoms with Crippen LogP contribution in [0.15, 0.2) is 10.6 Å². The molecule has 25 heavy (non-hydrogen) atoms. The monoisotopic (exact) mass is 369 g/mol. The Balaban J connectivity index is 1.68. The first-order valence-corrected chi connectivity index (χ1v) is 9.63. The number of carboxylic acid groups (broad SMARTS) is 1. The third-order valence-electron chi connectivity index (χ3n) is 5.15.